The first kappa shape index (κ1) is 38.4. The van der Waals surface area contributed by atoms with Crippen LogP contribution < -0.4 is 22.1 Å². The number of nitrogens with one attached hydrogen (secondary N) is 2. The molecule has 0 spiro atoms. The van der Waals surface area contributed by atoms with Gasteiger partial charge in [-0.3, -0.25) is 14.5 Å². The maximum absolute atomic E-state index is 10.3. The van der Waals surface area contributed by atoms with Gasteiger partial charge in [0.25, 0.3) is 0 Å². The Kier molecular flexibility index (Phi) is 23.0. The lowest BCUT2D eigenvalue weighted by Crippen LogP contribution is -2.35. The van der Waals surface area contributed by atoms with Crippen molar-refractivity contribution in [1.29, 1.82) is 0 Å². The highest BCUT2D eigenvalue weighted by Crippen LogP contribution is 2.09. The lowest BCUT2D eigenvalue weighted by molar-refractivity contribution is -0.119. The van der Waals surface area contributed by atoms with E-state index in [1.54, 1.807) is 12.2 Å². The number of carbonyl (C=O) groups is 2. The van der Waals surface area contributed by atoms with Crippen LogP contribution in [0, 0.1) is 12.8 Å². The molecular formula is C34H55N5O3. The fourth-order valence-electron chi connectivity index (χ4n) is 3.79. The molecule has 2 saturated heterocycles. The fourth-order valence-corrected chi connectivity index (χ4v) is 3.79. The molecule has 4 rings (SSSR count). The van der Waals surface area contributed by atoms with Gasteiger partial charge in [-0.1, -0.05) is 94.8 Å². The molecule has 0 aromatic heterocycles. The Labute approximate surface area is 254 Å². The van der Waals surface area contributed by atoms with Crippen molar-refractivity contribution in [2.24, 2.45) is 17.4 Å². The summed E-state index contributed by atoms with van der Waals surface area (Å²) in [5.74, 6) is 1.04. The number of carbonyl (C=O) groups excluding carboxylic acids is 2. The quantitative estimate of drug-likeness (QED) is 0.256. The molecule has 2 aliphatic rings. The standard InChI is InChI=1S/C13H17N3O.C12H17NO.C5H9NO.2C2H6/c14-12(8-9-13(15)16-10-17)7-6-11-4-2-1-3-5-11;1-11-2-4-12(5-3-11)10-13-6-8-14-9-7-13;1-4-2-5(7)6-3-4;2*1-2/h1-5,8-10H,6-7,14-15H2,(H,16,17);2-5H,6-10H2,1H3;4H,2-3H2,1H3,(H,6,7);2*1-2H3/b12-8-,13-9+;;;;. The van der Waals surface area contributed by atoms with E-state index in [4.69, 9.17) is 16.2 Å². The second-order valence-corrected chi connectivity index (χ2v) is 9.60. The molecule has 8 heteroatoms. The van der Waals surface area contributed by atoms with Crippen molar-refractivity contribution < 1.29 is 14.3 Å². The molecular weight excluding hydrogens is 526 g/mol. The molecule has 1 atom stereocenters. The summed E-state index contributed by atoms with van der Waals surface area (Å²) in [5, 5.41) is 5.06. The van der Waals surface area contributed by atoms with Gasteiger partial charge in [0, 0.05) is 38.3 Å². The van der Waals surface area contributed by atoms with Crippen molar-refractivity contribution in [1.82, 2.24) is 15.5 Å². The molecule has 2 aliphatic heterocycles. The molecule has 2 aromatic carbocycles. The van der Waals surface area contributed by atoms with Crippen molar-refractivity contribution in [2.45, 2.75) is 67.3 Å². The number of rotatable bonds is 8. The second kappa shape index (κ2) is 25.1. The average molecular weight is 582 g/mol. The number of amides is 2. The van der Waals surface area contributed by atoms with Crippen molar-refractivity contribution in [3.8, 4) is 0 Å². The van der Waals surface area contributed by atoms with E-state index < -0.39 is 0 Å². The van der Waals surface area contributed by atoms with Crippen LogP contribution in [0.3, 0.4) is 0 Å². The second-order valence-electron chi connectivity index (χ2n) is 9.60. The summed E-state index contributed by atoms with van der Waals surface area (Å²) in [6.07, 6.45) is 6.18. The molecule has 6 N–H and O–H groups in total. The van der Waals surface area contributed by atoms with Gasteiger partial charge in [0.05, 0.1) is 13.2 Å². The van der Waals surface area contributed by atoms with Gasteiger partial charge in [0.15, 0.2) is 0 Å². The largest absolute Gasteiger partial charge is 0.402 e. The third-order valence-electron chi connectivity index (χ3n) is 6.06. The number of allylic oxidation sites excluding steroid dienone is 3. The zero-order valence-electron chi connectivity index (χ0n) is 26.7. The molecule has 8 nitrogen and oxygen atoms in total. The molecule has 42 heavy (non-hydrogen) atoms. The van der Waals surface area contributed by atoms with Crippen LogP contribution in [-0.4, -0.2) is 50.1 Å². The van der Waals surface area contributed by atoms with E-state index in [0.717, 1.165) is 64.4 Å². The van der Waals surface area contributed by atoms with Crippen LogP contribution in [0.25, 0.3) is 0 Å². The number of hydrogen-bond acceptors (Lipinski definition) is 6. The normalized spacial score (nSPS) is 16.4. The molecule has 2 amide bonds. The van der Waals surface area contributed by atoms with Crippen LogP contribution in [0.1, 0.15) is 64.2 Å². The van der Waals surface area contributed by atoms with Crippen LogP contribution >= 0.6 is 0 Å². The topological polar surface area (TPSA) is 123 Å². The van der Waals surface area contributed by atoms with E-state index >= 15 is 0 Å². The van der Waals surface area contributed by atoms with Gasteiger partial charge in [-0.2, -0.15) is 0 Å². The third kappa shape index (κ3) is 19.5. The molecule has 0 saturated carbocycles. The van der Waals surface area contributed by atoms with Crippen LogP contribution in [0.15, 0.2) is 78.3 Å². The summed E-state index contributed by atoms with van der Waals surface area (Å²) in [4.78, 5) is 22.9. The lowest BCUT2D eigenvalue weighted by atomic mass is 10.1. The molecule has 234 valence electrons. The highest BCUT2D eigenvalue weighted by atomic mass is 16.5. The maximum atomic E-state index is 10.3. The van der Waals surface area contributed by atoms with E-state index in [2.05, 4.69) is 65.8 Å². The van der Waals surface area contributed by atoms with Crippen molar-refractivity contribution in [3.05, 3.63) is 95.0 Å². The summed E-state index contributed by atoms with van der Waals surface area (Å²) in [6, 6.07) is 18.9. The van der Waals surface area contributed by atoms with E-state index in [0.29, 0.717) is 12.3 Å². The van der Waals surface area contributed by atoms with Gasteiger partial charge in [0.1, 0.15) is 5.82 Å². The van der Waals surface area contributed by atoms with E-state index in [1.807, 2.05) is 45.9 Å². The Bertz CT molecular complexity index is 1020. The number of ether oxygens (including phenoxy) is 1. The first-order valence-electron chi connectivity index (χ1n) is 15.1. The zero-order valence-corrected chi connectivity index (χ0v) is 26.7. The first-order chi connectivity index (χ1) is 20.4. The summed E-state index contributed by atoms with van der Waals surface area (Å²) >= 11 is 0. The highest BCUT2D eigenvalue weighted by molar-refractivity contribution is 5.78. The predicted octanol–water partition coefficient (Wildman–Crippen LogP) is 5.03. The van der Waals surface area contributed by atoms with Crippen LogP contribution in [0.5, 0.6) is 0 Å². The Balaban J connectivity index is 0.000000601. The molecule has 2 aromatic rings. The van der Waals surface area contributed by atoms with Crippen molar-refractivity contribution in [3.63, 3.8) is 0 Å². The van der Waals surface area contributed by atoms with E-state index in [-0.39, 0.29) is 11.7 Å². The number of nitrogens with zero attached hydrogens (tertiary/aromatic N) is 1. The monoisotopic (exact) mass is 581 g/mol. The van der Waals surface area contributed by atoms with Gasteiger partial charge in [-0.25, -0.2) is 0 Å². The van der Waals surface area contributed by atoms with Crippen molar-refractivity contribution >= 4 is 12.3 Å². The summed E-state index contributed by atoms with van der Waals surface area (Å²) < 4.78 is 5.31. The van der Waals surface area contributed by atoms with Gasteiger partial charge in [-0.05, 0) is 49.0 Å². The third-order valence-corrected chi connectivity index (χ3v) is 6.06. The molecule has 0 radical (unpaired) electrons. The molecule has 2 fully saturated rings. The number of aryl methyl sites for hydroxylation is 2. The molecule has 2 heterocycles. The molecule has 0 aliphatic carbocycles. The number of benzene rings is 2. The Morgan fingerprint density at radius 2 is 1.60 bits per heavy atom. The van der Waals surface area contributed by atoms with Crippen LogP contribution in [-0.2, 0) is 27.3 Å². The van der Waals surface area contributed by atoms with E-state index in [9.17, 15) is 9.59 Å². The van der Waals surface area contributed by atoms with E-state index in [1.165, 1.54) is 16.7 Å². The lowest BCUT2D eigenvalue weighted by Gasteiger charge is -2.26. The molecule has 1 unspecified atom stereocenters. The first-order valence-corrected chi connectivity index (χ1v) is 15.1. The number of nitrogens with two attached hydrogens (primary N) is 2. The number of hydrogen-bond donors (Lipinski definition) is 4. The Hall–Kier alpha value is -3.62. The van der Waals surface area contributed by atoms with Crippen LogP contribution in [0.4, 0.5) is 0 Å². The molecule has 0 bridgehead atoms. The predicted molar refractivity (Wildman–Crippen MR) is 175 cm³/mol. The van der Waals surface area contributed by atoms with Crippen LogP contribution in [0.2, 0.25) is 0 Å². The Morgan fingerprint density at radius 1 is 0.976 bits per heavy atom. The maximum Gasteiger partial charge on any atom is 0.220 e. The van der Waals surface area contributed by atoms with Crippen molar-refractivity contribution in [2.75, 3.05) is 32.8 Å². The summed E-state index contributed by atoms with van der Waals surface area (Å²) in [7, 11) is 0. The SMILES string of the molecule is CC.CC.CC1CNC(=O)C1.Cc1ccc(CN2CCOCC2)cc1.N/C(=C\C=C(/N)NC=O)CCc1ccccc1. The Morgan fingerprint density at radius 3 is 2.10 bits per heavy atom. The highest BCUT2D eigenvalue weighted by Gasteiger charge is 2.15. The van der Waals surface area contributed by atoms with Gasteiger partial charge < -0.3 is 26.8 Å². The minimum absolute atomic E-state index is 0.201. The van der Waals surface area contributed by atoms with Gasteiger partial charge >= 0.3 is 0 Å². The average Bonchev–Trinajstić information content (AvgIpc) is 3.42. The minimum Gasteiger partial charge on any atom is -0.402 e. The summed E-state index contributed by atoms with van der Waals surface area (Å²) in [5.41, 5.74) is 16.0. The minimum atomic E-state index is 0.201. The zero-order chi connectivity index (χ0) is 31.6. The number of morpholine rings is 1. The summed E-state index contributed by atoms with van der Waals surface area (Å²) in [6.45, 7) is 18.0. The van der Waals surface area contributed by atoms with Gasteiger partial charge in [-0.15, -0.1) is 0 Å². The smallest absolute Gasteiger partial charge is 0.220 e. The fraction of sp³-hybridized carbons (Fsp3) is 0.471. The van der Waals surface area contributed by atoms with Gasteiger partial charge in [0.2, 0.25) is 12.3 Å².